The summed E-state index contributed by atoms with van der Waals surface area (Å²) in [5.74, 6) is 0.726. The first-order valence-electron chi connectivity index (χ1n) is 7.01. The lowest BCUT2D eigenvalue weighted by Gasteiger charge is -2.18. The summed E-state index contributed by atoms with van der Waals surface area (Å²) < 4.78 is 11.2. The van der Waals surface area contributed by atoms with Gasteiger partial charge in [0, 0.05) is 12.1 Å². The second kappa shape index (κ2) is 8.43. The summed E-state index contributed by atoms with van der Waals surface area (Å²) in [6.07, 6.45) is 0.362. The molecule has 0 heterocycles. The van der Waals surface area contributed by atoms with Crippen LogP contribution in [0, 0.1) is 0 Å². The zero-order valence-electron chi connectivity index (χ0n) is 12.4. The Morgan fingerprint density at radius 1 is 1.40 bits per heavy atom. The van der Waals surface area contributed by atoms with E-state index in [2.05, 4.69) is 12.2 Å². The van der Waals surface area contributed by atoms with Crippen LogP contribution in [0.5, 0.6) is 11.5 Å². The normalized spacial score (nSPS) is 11.9. The largest absolute Gasteiger partial charge is 0.490 e. The highest BCUT2D eigenvalue weighted by atomic mass is 16.5. The van der Waals surface area contributed by atoms with Gasteiger partial charge in [-0.1, -0.05) is 19.1 Å². The molecule has 0 aliphatic heterocycles. The van der Waals surface area contributed by atoms with Gasteiger partial charge in [-0.3, -0.25) is 4.79 Å². The molecule has 0 aliphatic carbocycles. The Kier molecular flexibility index (Phi) is 6.87. The summed E-state index contributed by atoms with van der Waals surface area (Å²) in [6.45, 7) is 7.76. The molecule has 1 rings (SSSR count). The number of hydrogen-bond acceptors (Lipinski definition) is 4. The number of ether oxygens (including phenoxy) is 2. The van der Waals surface area contributed by atoms with Crippen LogP contribution in [0.15, 0.2) is 18.2 Å². The van der Waals surface area contributed by atoms with E-state index in [1.165, 1.54) is 0 Å². The molecule has 0 bridgehead atoms. The summed E-state index contributed by atoms with van der Waals surface area (Å²) in [7, 11) is 0. The molecule has 5 nitrogen and oxygen atoms in total. The van der Waals surface area contributed by atoms with Gasteiger partial charge in [0.05, 0.1) is 6.61 Å². The number of benzene rings is 1. The first-order valence-corrected chi connectivity index (χ1v) is 7.01. The van der Waals surface area contributed by atoms with Gasteiger partial charge < -0.3 is 20.5 Å². The molecule has 112 valence electrons. The Labute approximate surface area is 120 Å². The number of carbonyl (C=O) groups excluding carboxylic acids is 1. The number of nitrogens with one attached hydrogen (secondary N) is 1. The minimum absolute atomic E-state index is 0.497. The Morgan fingerprint density at radius 3 is 2.75 bits per heavy atom. The second-order valence-electron chi connectivity index (χ2n) is 4.52. The lowest BCUT2D eigenvalue weighted by atomic mass is 10.1. The molecule has 0 radical (unpaired) electrons. The summed E-state index contributed by atoms with van der Waals surface area (Å²) in [5.41, 5.74) is 6.22. The van der Waals surface area contributed by atoms with Gasteiger partial charge in [0.1, 0.15) is 0 Å². The van der Waals surface area contributed by atoms with Gasteiger partial charge in [-0.05, 0) is 32.9 Å². The van der Waals surface area contributed by atoms with Crippen molar-refractivity contribution in [3.63, 3.8) is 0 Å². The lowest BCUT2D eigenvalue weighted by Crippen LogP contribution is -2.31. The Morgan fingerprint density at radius 2 is 2.15 bits per heavy atom. The van der Waals surface area contributed by atoms with Crippen molar-refractivity contribution in [2.24, 2.45) is 5.73 Å². The zero-order chi connectivity index (χ0) is 15.0. The van der Waals surface area contributed by atoms with Gasteiger partial charge in [-0.25, -0.2) is 0 Å². The molecular weight excluding hydrogens is 256 g/mol. The fourth-order valence-electron chi connectivity index (χ4n) is 1.74. The predicted octanol–water partition coefficient (Wildman–Crippen LogP) is 1.84. The standard InChI is InChI=1S/C15H24N2O3/c1-4-9-17-10-12-7-6-8-13(19-5-2)14(12)20-11(3)15(16)18/h6-8,11,17H,4-5,9-10H2,1-3H3,(H2,16,18). The molecule has 0 saturated carbocycles. The Bertz CT molecular complexity index is 435. The van der Waals surface area contributed by atoms with Gasteiger partial charge in [-0.2, -0.15) is 0 Å². The van der Waals surface area contributed by atoms with Crippen molar-refractivity contribution < 1.29 is 14.3 Å². The molecule has 1 unspecified atom stereocenters. The Balaban J connectivity index is 2.95. The first kappa shape index (κ1) is 16.3. The number of hydrogen-bond donors (Lipinski definition) is 2. The number of nitrogens with two attached hydrogens (primary N) is 1. The maximum absolute atomic E-state index is 11.2. The number of rotatable bonds is 9. The van der Waals surface area contributed by atoms with Crippen LogP contribution in [0.4, 0.5) is 0 Å². The van der Waals surface area contributed by atoms with Gasteiger partial charge in [0.15, 0.2) is 17.6 Å². The molecule has 0 fully saturated rings. The van der Waals surface area contributed by atoms with E-state index in [0.29, 0.717) is 24.7 Å². The number of primary amides is 1. The van der Waals surface area contributed by atoms with Gasteiger partial charge in [-0.15, -0.1) is 0 Å². The van der Waals surface area contributed by atoms with Crippen LogP contribution in [-0.4, -0.2) is 25.2 Å². The molecule has 20 heavy (non-hydrogen) atoms. The second-order valence-corrected chi connectivity index (χ2v) is 4.52. The van der Waals surface area contributed by atoms with E-state index in [1.807, 2.05) is 25.1 Å². The smallest absolute Gasteiger partial charge is 0.258 e. The van der Waals surface area contributed by atoms with Crippen molar-refractivity contribution in [1.82, 2.24) is 5.32 Å². The highest BCUT2D eigenvalue weighted by molar-refractivity contribution is 5.78. The third-order valence-corrected chi connectivity index (χ3v) is 2.80. The highest BCUT2D eigenvalue weighted by Gasteiger charge is 2.17. The van der Waals surface area contributed by atoms with Crippen molar-refractivity contribution in [3.05, 3.63) is 23.8 Å². The minimum Gasteiger partial charge on any atom is -0.490 e. The SMILES string of the molecule is CCCNCc1cccc(OCC)c1OC(C)C(N)=O. The van der Waals surface area contributed by atoms with Gasteiger partial charge in [0.25, 0.3) is 5.91 Å². The van der Waals surface area contributed by atoms with E-state index in [-0.39, 0.29) is 0 Å². The van der Waals surface area contributed by atoms with Crippen LogP contribution in [0.1, 0.15) is 32.8 Å². The molecule has 1 atom stereocenters. The van der Waals surface area contributed by atoms with Crippen LogP contribution in [0.3, 0.4) is 0 Å². The molecule has 0 aromatic heterocycles. The summed E-state index contributed by atoms with van der Waals surface area (Å²) >= 11 is 0. The van der Waals surface area contributed by atoms with Crippen molar-refractivity contribution in [2.45, 2.75) is 39.8 Å². The maximum atomic E-state index is 11.2. The van der Waals surface area contributed by atoms with Crippen molar-refractivity contribution >= 4 is 5.91 Å². The topological polar surface area (TPSA) is 73.6 Å². The number of para-hydroxylation sites is 1. The third kappa shape index (κ3) is 4.74. The number of carbonyl (C=O) groups is 1. The van der Waals surface area contributed by atoms with Crippen molar-refractivity contribution in [2.75, 3.05) is 13.2 Å². The minimum atomic E-state index is -0.693. The molecule has 1 amide bonds. The fraction of sp³-hybridized carbons (Fsp3) is 0.533. The fourth-order valence-corrected chi connectivity index (χ4v) is 1.74. The third-order valence-electron chi connectivity index (χ3n) is 2.80. The molecule has 0 spiro atoms. The van der Waals surface area contributed by atoms with E-state index < -0.39 is 12.0 Å². The molecule has 5 heteroatoms. The van der Waals surface area contributed by atoms with Crippen LogP contribution >= 0.6 is 0 Å². The van der Waals surface area contributed by atoms with E-state index >= 15 is 0 Å². The maximum Gasteiger partial charge on any atom is 0.258 e. The van der Waals surface area contributed by atoms with Crippen LogP contribution < -0.4 is 20.5 Å². The van der Waals surface area contributed by atoms with E-state index in [9.17, 15) is 4.79 Å². The van der Waals surface area contributed by atoms with E-state index in [0.717, 1.165) is 18.5 Å². The van der Waals surface area contributed by atoms with Crippen LogP contribution in [0.25, 0.3) is 0 Å². The molecular formula is C15H24N2O3. The lowest BCUT2D eigenvalue weighted by molar-refractivity contribution is -0.124. The highest BCUT2D eigenvalue weighted by Crippen LogP contribution is 2.32. The predicted molar refractivity (Wildman–Crippen MR) is 78.9 cm³/mol. The average Bonchev–Trinajstić information content (AvgIpc) is 2.42. The first-order chi connectivity index (χ1) is 9.60. The molecule has 3 N–H and O–H groups in total. The quantitative estimate of drug-likeness (QED) is 0.677. The van der Waals surface area contributed by atoms with Crippen molar-refractivity contribution in [1.29, 1.82) is 0 Å². The summed E-state index contributed by atoms with van der Waals surface area (Å²) in [4.78, 5) is 11.2. The molecule has 1 aromatic carbocycles. The van der Waals surface area contributed by atoms with E-state index in [1.54, 1.807) is 6.92 Å². The monoisotopic (exact) mass is 280 g/mol. The van der Waals surface area contributed by atoms with E-state index in [4.69, 9.17) is 15.2 Å². The van der Waals surface area contributed by atoms with Crippen LogP contribution in [-0.2, 0) is 11.3 Å². The van der Waals surface area contributed by atoms with Gasteiger partial charge in [0.2, 0.25) is 0 Å². The van der Waals surface area contributed by atoms with Gasteiger partial charge >= 0.3 is 0 Å². The molecule has 0 aliphatic rings. The summed E-state index contributed by atoms with van der Waals surface area (Å²) in [6, 6.07) is 5.69. The average molecular weight is 280 g/mol. The molecule has 1 aromatic rings. The summed E-state index contributed by atoms with van der Waals surface area (Å²) in [5, 5.41) is 3.31. The zero-order valence-corrected chi connectivity index (χ0v) is 12.4. The van der Waals surface area contributed by atoms with Crippen LogP contribution in [0.2, 0.25) is 0 Å². The Hall–Kier alpha value is -1.75. The number of amides is 1. The van der Waals surface area contributed by atoms with Crippen molar-refractivity contribution in [3.8, 4) is 11.5 Å². The molecule has 0 saturated heterocycles.